The molecule has 144 valence electrons. The Hall–Kier alpha value is -3.62. The summed E-state index contributed by atoms with van der Waals surface area (Å²) in [7, 11) is 0. The first-order chi connectivity index (χ1) is 13.5. The summed E-state index contributed by atoms with van der Waals surface area (Å²) in [6.45, 7) is 0.205. The molecule has 0 saturated carbocycles. The Kier molecular flexibility index (Phi) is 5.73. The number of carbonyl (C=O) groups is 3. The minimum absolute atomic E-state index is 0.0576. The molecular formula is C19H15F2N3O4. The van der Waals surface area contributed by atoms with E-state index in [1.165, 1.54) is 0 Å². The zero-order chi connectivity index (χ0) is 20.1. The first kappa shape index (κ1) is 19.2. The summed E-state index contributed by atoms with van der Waals surface area (Å²) in [5.41, 5.74) is 0.552. The van der Waals surface area contributed by atoms with Gasteiger partial charge in [0.2, 0.25) is 0 Å². The lowest BCUT2D eigenvalue weighted by molar-refractivity contribution is -0.110. The number of imide groups is 1. The molecule has 0 radical (unpaired) electrons. The summed E-state index contributed by atoms with van der Waals surface area (Å²) >= 11 is 0. The van der Waals surface area contributed by atoms with Crippen molar-refractivity contribution in [3.63, 3.8) is 0 Å². The second-order valence-corrected chi connectivity index (χ2v) is 5.84. The van der Waals surface area contributed by atoms with E-state index in [9.17, 15) is 23.2 Å². The lowest BCUT2D eigenvalue weighted by Crippen LogP contribution is -2.31. The second-order valence-electron chi connectivity index (χ2n) is 5.84. The summed E-state index contributed by atoms with van der Waals surface area (Å²) in [5, 5.41) is 5.62. The SMILES string of the molecule is O=C(/C=N/OCCCN1C(=O)c2ccccc2C1=O)Nc1ccc(F)cc1F. The van der Waals surface area contributed by atoms with Crippen LogP contribution in [0.15, 0.2) is 47.6 Å². The standard InChI is InChI=1S/C19H15F2N3O4/c20-12-6-7-16(15(21)10-12)23-17(25)11-22-28-9-3-8-24-18(26)13-4-1-2-5-14(13)19(24)27/h1-2,4-7,10-11H,3,8-9H2,(H,23,25)/b22-11+. The van der Waals surface area contributed by atoms with Crippen molar-refractivity contribution in [3.8, 4) is 0 Å². The Morgan fingerprint density at radius 1 is 1.11 bits per heavy atom. The summed E-state index contributed by atoms with van der Waals surface area (Å²) < 4.78 is 26.2. The minimum Gasteiger partial charge on any atom is -0.396 e. The fourth-order valence-electron chi connectivity index (χ4n) is 2.62. The predicted octanol–water partition coefficient (Wildman–Crippen LogP) is 2.59. The summed E-state index contributed by atoms with van der Waals surface area (Å²) in [6, 6.07) is 9.30. The normalized spacial score (nSPS) is 13.1. The van der Waals surface area contributed by atoms with Gasteiger partial charge in [-0.05, 0) is 24.3 Å². The number of nitrogens with one attached hydrogen (secondary N) is 1. The number of carbonyl (C=O) groups excluding carboxylic acids is 3. The smallest absolute Gasteiger partial charge is 0.270 e. The van der Waals surface area contributed by atoms with E-state index < -0.39 is 17.5 Å². The van der Waals surface area contributed by atoms with Gasteiger partial charge in [0.05, 0.1) is 16.8 Å². The van der Waals surface area contributed by atoms with Crippen molar-refractivity contribution in [3.05, 3.63) is 65.2 Å². The largest absolute Gasteiger partial charge is 0.396 e. The maximum atomic E-state index is 13.4. The van der Waals surface area contributed by atoms with Crippen LogP contribution in [0.2, 0.25) is 0 Å². The lowest BCUT2D eigenvalue weighted by Gasteiger charge is -2.12. The molecule has 1 aliphatic rings. The van der Waals surface area contributed by atoms with E-state index in [1.54, 1.807) is 24.3 Å². The van der Waals surface area contributed by atoms with Crippen LogP contribution in [-0.2, 0) is 9.63 Å². The molecule has 3 rings (SSSR count). The van der Waals surface area contributed by atoms with Gasteiger partial charge in [0.1, 0.15) is 24.5 Å². The molecule has 0 atom stereocenters. The number of anilines is 1. The van der Waals surface area contributed by atoms with Gasteiger partial charge < -0.3 is 10.2 Å². The maximum Gasteiger partial charge on any atom is 0.270 e. The molecule has 0 saturated heterocycles. The van der Waals surface area contributed by atoms with Crippen molar-refractivity contribution in [2.75, 3.05) is 18.5 Å². The quantitative estimate of drug-likeness (QED) is 0.342. The third-order valence-electron chi connectivity index (χ3n) is 3.93. The van der Waals surface area contributed by atoms with Gasteiger partial charge >= 0.3 is 0 Å². The van der Waals surface area contributed by atoms with Gasteiger partial charge in [-0.1, -0.05) is 17.3 Å². The zero-order valence-corrected chi connectivity index (χ0v) is 14.5. The Balaban J connectivity index is 1.41. The molecule has 0 aliphatic carbocycles. The van der Waals surface area contributed by atoms with E-state index in [2.05, 4.69) is 10.5 Å². The molecule has 1 aliphatic heterocycles. The number of nitrogens with zero attached hydrogens (tertiary/aromatic N) is 2. The third-order valence-corrected chi connectivity index (χ3v) is 3.93. The molecule has 28 heavy (non-hydrogen) atoms. The Bertz CT molecular complexity index is 927. The van der Waals surface area contributed by atoms with Gasteiger partial charge in [0, 0.05) is 19.0 Å². The van der Waals surface area contributed by atoms with E-state index in [1.807, 2.05) is 0 Å². The van der Waals surface area contributed by atoms with Gasteiger partial charge in [0.25, 0.3) is 17.7 Å². The number of hydrogen-bond acceptors (Lipinski definition) is 5. The molecule has 2 aromatic rings. The van der Waals surface area contributed by atoms with Gasteiger partial charge in [-0.15, -0.1) is 0 Å². The number of fused-ring (bicyclic) bond motifs is 1. The fraction of sp³-hybridized carbons (Fsp3) is 0.158. The Labute approximate surface area is 158 Å². The highest BCUT2D eigenvalue weighted by molar-refractivity contribution is 6.31. The molecule has 0 spiro atoms. The minimum atomic E-state index is -0.913. The Morgan fingerprint density at radius 2 is 1.79 bits per heavy atom. The van der Waals surface area contributed by atoms with Crippen LogP contribution in [0.3, 0.4) is 0 Å². The lowest BCUT2D eigenvalue weighted by atomic mass is 10.1. The Morgan fingerprint density at radius 3 is 2.43 bits per heavy atom. The van der Waals surface area contributed by atoms with Gasteiger partial charge in [-0.25, -0.2) is 8.78 Å². The monoisotopic (exact) mass is 387 g/mol. The second kappa shape index (κ2) is 8.38. The van der Waals surface area contributed by atoms with Crippen LogP contribution in [0.5, 0.6) is 0 Å². The number of amides is 3. The summed E-state index contributed by atoms with van der Waals surface area (Å²) in [6.07, 6.45) is 1.11. The molecule has 0 aromatic heterocycles. The van der Waals surface area contributed by atoms with Crippen LogP contribution in [0.4, 0.5) is 14.5 Å². The van der Waals surface area contributed by atoms with Crippen molar-refractivity contribution >= 4 is 29.6 Å². The molecule has 3 amide bonds. The molecular weight excluding hydrogens is 372 g/mol. The molecule has 2 aromatic carbocycles. The van der Waals surface area contributed by atoms with E-state index >= 15 is 0 Å². The predicted molar refractivity (Wildman–Crippen MR) is 95.9 cm³/mol. The first-order valence-corrected chi connectivity index (χ1v) is 8.34. The molecule has 1 N–H and O–H groups in total. The molecule has 7 nitrogen and oxygen atoms in total. The van der Waals surface area contributed by atoms with E-state index in [0.717, 1.165) is 23.2 Å². The van der Waals surface area contributed by atoms with E-state index in [4.69, 9.17) is 4.84 Å². The number of oxime groups is 1. The van der Waals surface area contributed by atoms with Crippen LogP contribution >= 0.6 is 0 Å². The van der Waals surface area contributed by atoms with Crippen LogP contribution in [0, 0.1) is 11.6 Å². The van der Waals surface area contributed by atoms with Crippen molar-refractivity contribution < 1.29 is 28.0 Å². The molecule has 0 bridgehead atoms. The van der Waals surface area contributed by atoms with E-state index in [-0.39, 0.29) is 30.7 Å². The number of rotatable bonds is 7. The summed E-state index contributed by atoms with van der Waals surface area (Å²) in [4.78, 5) is 42.0. The highest BCUT2D eigenvalue weighted by atomic mass is 19.1. The molecule has 9 heteroatoms. The van der Waals surface area contributed by atoms with Crippen molar-refractivity contribution in [2.24, 2.45) is 5.16 Å². The van der Waals surface area contributed by atoms with Crippen molar-refractivity contribution in [2.45, 2.75) is 6.42 Å². The fourth-order valence-corrected chi connectivity index (χ4v) is 2.62. The van der Waals surface area contributed by atoms with Crippen LogP contribution in [0.1, 0.15) is 27.1 Å². The van der Waals surface area contributed by atoms with E-state index in [0.29, 0.717) is 23.6 Å². The van der Waals surface area contributed by atoms with Crippen molar-refractivity contribution in [1.29, 1.82) is 0 Å². The first-order valence-electron chi connectivity index (χ1n) is 8.34. The topological polar surface area (TPSA) is 88.1 Å². The highest BCUT2D eigenvalue weighted by Gasteiger charge is 2.34. The third kappa shape index (κ3) is 4.20. The average Bonchev–Trinajstić information content (AvgIpc) is 2.92. The average molecular weight is 387 g/mol. The van der Waals surface area contributed by atoms with Crippen LogP contribution in [0.25, 0.3) is 0 Å². The van der Waals surface area contributed by atoms with Crippen molar-refractivity contribution in [1.82, 2.24) is 4.90 Å². The zero-order valence-electron chi connectivity index (χ0n) is 14.5. The molecule has 0 unspecified atom stereocenters. The van der Waals surface area contributed by atoms with Crippen LogP contribution in [-0.4, -0.2) is 42.0 Å². The van der Waals surface area contributed by atoms with Gasteiger partial charge in [-0.3, -0.25) is 19.3 Å². The summed E-state index contributed by atoms with van der Waals surface area (Å²) in [5.74, 6) is -3.14. The molecule has 0 fully saturated rings. The number of halogens is 2. The van der Waals surface area contributed by atoms with Gasteiger partial charge in [-0.2, -0.15) is 0 Å². The number of benzene rings is 2. The maximum absolute atomic E-state index is 13.4. The van der Waals surface area contributed by atoms with Gasteiger partial charge in [0.15, 0.2) is 0 Å². The molecule has 1 heterocycles. The number of hydrogen-bond donors (Lipinski definition) is 1. The highest BCUT2D eigenvalue weighted by Crippen LogP contribution is 2.22. The van der Waals surface area contributed by atoms with Crippen LogP contribution < -0.4 is 5.32 Å².